The van der Waals surface area contributed by atoms with Crippen molar-refractivity contribution in [2.24, 2.45) is 0 Å². The average Bonchev–Trinajstić information content (AvgIpc) is 3.70. The number of fused-ring (bicyclic) bond motifs is 9. The molecule has 0 N–H and O–H groups in total. The molecule has 8 aromatic carbocycles. The van der Waals surface area contributed by atoms with Crippen molar-refractivity contribution in [3.05, 3.63) is 164 Å². The third-order valence-electron chi connectivity index (χ3n) is 9.43. The van der Waals surface area contributed by atoms with E-state index in [0.717, 1.165) is 72.1 Å². The molecule has 0 unspecified atom stereocenters. The fourth-order valence-electron chi connectivity index (χ4n) is 7.38. The van der Waals surface area contributed by atoms with Crippen molar-refractivity contribution >= 4 is 82.5 Å². The van der Waals surface area contributed by atoms with Gasteiger partial charge in [-0.15, -0.1) is 0 Å². The molecule has 0 atom stereocenters. The molecule has 0 aliphatic rings. The maximum atomic E-state index is 6.52. The van der Waals surface area contributed by atoms with Crippen molar-refractivity contribution in [2.45, 2.75) is 0 Å². The van der Waals surface area contributed by atoms with E-state index >= 15 is 0 Å². The predicted octanol–water partition coefficient (Wildman–Crippen LogP) is 12.9. The molecule has 3 nitrogen and oxygen atoms in total. The Morgan fingerprint density at radius 1 is 0.362 bits per heavy atom. The van der Waals surface area contributed by atoms with Crippen molar-refractivity contribution in [1.82, 2.24) is 0 Å². The standard InChI is InChI=1S/C44H27NO2/c1-2-13-29(14-3-1)45(30-22-23-35-34-18-8-10-20-39(34)47-42(35)27-30)38-24-25-41-44(36-19-9-11-21-40(36)46-41)43(38)37-26-28-12-4-5-15-31(28)32-16-6-7-17-33(32)37/h1-27H. The van der Waals surface area contributed by atoms with Crippen LogP contribution in [0.1, 0.15) is 0 Å². The highest BCUT2D eigenvalue weighted by Crippen LogP contribution is 2.50. The summed E-state index contributed by atoms with van der Waals surface area (Å²) >= 11 is 0. The van der Waals surface area contributed by atoms with Crippen LogP contribution in [0, 0.1) is 0 Å². The zero-order valence-electron chi connectivity index (χ0n) is 25.4. The second kappa shape index (κ2) is 10.1. The summed E-state index contributed by atoms with van der Waals surface area (Å²) in [5.74, 6) is 0. The molecule has 0 bridgehead atoms. The van der Waals surface area contributed by atoms with Gasteiger partial charge >= 0.3 is 0 Å². The summed E-state index contributed by atoms with van der Waals surface area (Å²) in [7, 11) is 0. The Kier molecular flexibility index (Phi) is 5.57. The van der Waals surface area contributed by atoms with Gasteiger partial charge < -0.3 is 13.7 Å². The van der Waals surface area contributed by atoms with E-state index in [1.54, 1.807) is 0 Å². The van der Waals surface area contributed by atoms with E-state index in [0.29, 0.717) is 0 Å². The summed E-state index contributed by atoms with van der Waals surface area (Å²) in [6, 6.07) is 57.8. The third kappa shape index (κ3) is 3.93. The first-order chi connectivity index (χ1) is 23.3. The van der Waals surface area contributed by atoms with Crippen LogP contribution in [0.3, 0.4) is 0 Å². The summed E-state index contributed by atoms with van der Waals surface area (Å²) in [6.45, 7) is 0. The van der Waals surface area contributed by atoms with Crippen LogP contribution < -0.4 is 4.90 Å². The molecule has 220 valence electrons. The van der Waals surface area contributed by atoms with Crippen LogP contribution in [0.5, 0.6) is 0 Å². The molecule has 0 radical (unpaired) electrons. The molecule has 3 heteroatoms. The van der Waals surface area contributed by atoms with Crippen LogP contribution in [-0.2, 0) is 0 Å². The van der Waals surface area contributed by atoms with E-state index < -0.39 is 0 Å². The smallest absolute Gasteiger partial charge is 0.137 e. The molecule has 10 aromatic rings. The zero-order valence-corrected chi connectivity index (χ0v) is 25.4. The lowest BCUT2D eigenvalue weighted by Gasteiger charge is -2.28. The highest BCUT2D eigenvalue weighted by atomic mass is 16.3. The van der Waals surface area contributed by atoms with E-state index in [1.807, 2.05) is 18.2 Å². The molecule has 0 spiro atoms. The quantitative estimate of drug-likeness (QED) is 0.188. The van der Waals surface area contributed by atoms with E-state index in [9.17, 15) is 0 Å². The van der Waals surface area contributed by atoms with E-state index in [4.69, 9.17) is 8.83 Å². The summed E-state index contributed by atoms with van der Waals surface area (Å²) in [6.07, 6.45) is 0. The zero-order chi connectivity index (χ0) is 30.9. The molecule has 2 heterocycles. The number of para-hydroxylation sites is 3. The minimum atomic E-state index is 0.858. The molecule has 2 aromatic heterocycles. The van der Waals surface area contributed by atoms with Crippen molar-refractivity contribution < 1.29 is 8.83 Å². The van der Waals surface area contributed by atoms with E-state index in [1.165, 1.54) is 21.5 Å². The van der Waals surface area contributed by atoms with Gasteiger partial charge in [-0.2, -0.15) is 0 Å². The Morgan fingerprint density at radius 3 is 1.81 bits per heavy atom. The second-order valence-corrected chi connectivity index (χ2v) is 12.1. The first-order valence-corrected chi connectivity index (χ1v) is 15.9. The molecule has 47 heavy (non-hydrogen) atoms. The lowest BCUT2D eigenvalue weighted by molar-refractivity contribution is 0.668. The molecule has 0 aliphatic carbocycles. The average molecular weight is 602 g/mol. The summed E-state index contributed by atoms with van der Waals surface area (Å²) in [5.41, 5.74) is 8.91. The molecule has 0 amide bonds. The molecule has 0 fully saturated rings. The first kappa shape index (κ1) is 26.0. The Labute approximate surface area is 270 Å². The monoisotopic (exact) mass is 601 g/mol. The normalized spacial score (nSPS) is 11.8. The van der Waals surface area contributed by atoms with Gasteiger partial charge in [0.2, 0.25) is 0 Å². The summed E-state index contributed by atoms with van der Waals surface area (Å²) in [5, 5.41) is 9.29. The van der Waals surface area contributed by atoms with Crippen molar-refractivity contribution in [3.63, 3.8) is 0 Å². The van der Waals surface area contributed by atoms with Crippen LogP contribution in [0.2, 0.25) is 0 Å². The van der Waals surface area contributed by atoms with Crippen LogP contribution >= 0.6 is 0 Å². The van der Waals surface area contributed by atoms with Crippen molar-refractivity contribution in [1.29, 1.82) is 0 Å². The van der Waals surface area contributed by atoms with Gasteiger partial charge in [-0.1, -0.05) is 103 Å². The minimum absolute atomic E-state index is 0.858. The lowest BCUT2D eigenvalue weighted by atomic mass is 9.89. The van der Waals surface area contributed by atoms with Gasteiger partial charge in [-0.05, 0) is 81.7 Å². The third-order valence-corrected chi connectivity index (χ3v) is 9.43. The van der Waals surface area contributed by atoms with Crippen LogP contribution in [0.4, 0.5) is 17.1 Å². The lowest BCUT2D eigenvalue weighted by Crippen LogP contribution is -2.11. The molecule has 10 rings (SSSR count). The molecule has 0 saturated carbocycles. The maximum Gasteiger partial charge on any atom is 0.137 e. The Balaban J connectivity index is 1.35. The molecule has 0 saturated heterocycles. The number of hydrogen-bond acceptors (Lipinski definition) is 3. The number of rotatable bonds is 4. The number of benzene rings is 8. The fourth-order valence-corrected chi connectivity index (χ4v) is 7.38. The Morgan fingerprint density at radius 2 is 0.979 bits per heavy atom. The van der Waals surface area contributed by atoms with Gasteiger partial charge in [0.05, 0.1) is 5.69 Å². The SMILES string of the molecule is c1ccc(N(c2ccc3c(c2)oc2ccccc23)c2ccc3oc4ccccc4c3c2-c2cc3ccccc3c3ccccc23)cc1. The minimum Gasteiger partial charge on any atom is -0.456 e. The first-order valence-electron chi connectivity index (χ1n) is 15.9. The predicted molar refractivity (Wildman–Crippen MR) is 196 cm³/mol. The highest BCUT2D eigenvalue weighted by Gasteiger charge is 2.24. The second-order valence-electron chi connectivity index (χ2n) is 12.1. The number of hydrogen-bond donors (Lipinski definition) is 0. The van der Waals surface area contributed by atoms with Crippen LogP contribution in [0.25, 0.3) is 76.5 Å². The van der Waals surface area contributed by atoms with Crippen LogP contribution in [0.15, 0.2) is 173 Å². The summed E-state index contributed by atoms with van der Waals surface area (Å²) in [4.78, 5) is 2.35. The largest absolute Gasteiger partial charge is 0.456 e. The maximum absolute atomic E-state index is 6.52. The van der Waals surface area contributed by atoms with Gasteiger partial charge in [0.25, 0.3) is 0 Å². The van der Waals surface area contributed by atoms with Gasteiger partial charge in [-0.3, -0.25) is 0 Å². The Bertz CT molecular complexity index is 2810. The summed E-state index contributed by atoms with van der Waals surface area (Å²) < 4.78 is 12.9. The van der Waals surface area contributed by atoms with E-state index in [2.05, 4.69) is 150 Å². The van der Waals surface area contributed by atoms with Gasteiger partial charge in [0.15, 0.2) is 0 Å². The molecular weight excluding hydrogens is 574 g/mol. The highest BCUT2D eigenvalue weighted by molar-refractivity contribution is 6.22. The molecule has 0 aliphatic heterocycles. The topological polar surface area (TPSA) is 29.5 Å². The Hall–Kier alpha value is -6.32. The number of anilines is 3. The molecular formula is C44H27NO2. The van der Waals surface area contributed by atoms with Crippen LogP contribution in [-0.4, -0.2) is 0 Å². The van der Waals surface area contributed by atoms with Crippen molar-refractivity contribution in [2.75, 3.05) is 4.90 Å². The van der Waals surface area contributed by atoms with Gasteiger partial charge in [-0.25, -0.2) is 0 Å². The van der Waals surface area contributed by atoms with E-state index in [-0.39, 0.29) is 0 Å². The van der Waals surface area contributed by atoms with Gasteiger partial charge in [0, 0.05) is 44.5 Å². The number of furan rings is 2. The number of nitrogens with zero attached hydrogens (tertiary/aromatic N) is 1. The fraction of sp³-hybridized carbons (Fsp3) is 0. The van der Waals surface area contributed by atoms with Crippen molar-refractivity contribution in [3.8, 4) is 11.1 Å². The van der Waals surface area contributed by atoms with Gasteiger partial charge in [0.1, 0.15) is 22.3 Å².